The molecular formula is C10H20N4. The number of rotatable bonds is 4. The van der Waals surface area contributed by atoms with E-state index in [4.69, 9.17) is 5.73 Å². The summed E-state index contributed by atoms with van der Waals surface area (Å²) in [6.07, 6.45) is 1.08. The van der Waals surface area contributed by atoms with Crippen LogP contribution >= 0.6 is 0 Å². The van der Waals surface area contributed by atoms with Gasteiger partial charge in [0, 0.05) is 26.2 Å². The van der Waals surface area contributed by atoms with Gasteiger partial charge in [-0.15, -0.1) is 0 Å². The van der Waals surface area contributed by atoms with Crippen LogP contribution in [0.15, 0.2) is 6.07 Å². The molecule has 1 aromatic rings. The molecule has 0 amide bonds. The summed E-state index contributed by atoms with van der Waals surface area (Å²) in [5.74, 6) is 1.41. The predicted molar refractivity (Wildman–Crippen MR) is 59.3 cm³/mol. The Morgan fingerprint density at radius 2 is 2.21 bits per heavy atom. The summed E-state index contributed by atoms with van der Waals surface area (Å²) < 4.78 is 0. The van der Waals surface area contributed by atoms with Gasteiger partial charge in [0.05, 0.1) is 5.69 Å². The molecule has 14 heavy (non-hydrogen) atoms. The minimum Gasteiger partial charge on any atom is -0.361 e. The second kappa shape index (κ2) is 4.46. The van der Waals surface area contributed by atoms with E-state index in [0.717, 1.165) is 17.9 Å². The first-order valence-corrected chi connectivity index (χ1v) is 5.04. The van der Waals surface area contributed by atoms with Crippen LogP contribution in [-0.2, 0) is 0 Å². The number of hydrogen-bond acceptors (Lipinski definition) is 3. The quantitative estimate of drug-likeness (QED) is 0.767. The van der Waals surface area contributed by atoms with E-state index in [-0.39, 0.29) is 6.04 Å². The van der Waals surface area contributed by atoms with E-state index in [0.29, 0.717) is 5.92 Å². The Balaban J connectivity index is 2.76. The Morgan fingerprint density at radius 3 is 2.64 bits per heavy atom. The number of aromatic nitrogens is 2. The third kappa shape index (κ3) is 2.26. The maximum atomic E-state index is 6.07. The Bertz CT molecular complexity index is 279. The smallest absolute Gasteiger partial charge is 0.150 e. The van der Waals surface area contributed by atoms with Crippen molar-refractivity contribution in [1.29, 1.82) is 0 Å². The minimum absolute atomic E-state index is 0.0567. The van der Waals surface area contributed by atoms with Crippen molar-refractivity contribution < 1.29 is 0 Å². The van der Waals surface area contributed by atoms with Crippen LogP contribution in [0.4, 0.5) is 5.82 Å². The van der Waals surface area contributed by atoms with Crippen LogP contribution in [0, 0.1) is 5.92 Å². The molecule has 0 aliphatic rings. The zero-order valence-corrected chi connectivity index (χ0v) is 9.41. The zero-order valence-electron chi connectivity index (χ0n) is 9.41. The van der Waals surface area contributed by atoms with Crippen molar-refractivity contribution in [3.05, 3.63) is 11.8 Å². The lowest BCUT2D eigenvalue weighted by Crippen LogP contribution is -2.18. The van der Waals surface area contributed by atoms with Gasteiger partial charge >= 0.3 is 0 Å². The molecule has 0 aliphatic heterocycles. The molecule has 0 bridgehead atoms. The number of hydrogen-bond donors (Lipinski definition) is 2. The van der Waals surface area contributed by atoms with Gasteiger partial charge < -0.3 is 10.6 Å². The van der Waals surface area contributed by atoms with Crippen LogP contribution in [0.1, 0.15) is 32.0 Å². The van der Waals surface area contributed by atoms with Crippen LogP contribution in [-0.4, -0.2) is 24.3 Å². The van der Waals surface area contributed by atoms with Crippen LogP contribution in [0.25, 0.3) is 0 Å². The van der Waals surface area contributed by atoms with E-state index in [9.17, 15) is 0 Å². The van der Waals surface area contributed by atoms with Crippen molar-refractivity contribution in [1.82, 2.24) is 10.2 Å². The fourth-order valence-corrected chi connectivity index (χ4v) is 1.29. The van der Waals surface area contributed by atoms with Gasteiger partial charge in [-0.2, -0.15) is 5.10 Å². The summed E-state index contributed by atoms with van der Waals surface area (Å²) in [6.45, 7) is 4.30. The molecule has 2 atom stereocenters. The fraction of sp³-hybridized carbons (Fsp3) is 0.700. The van der Waals surface area contributed by atoms with E-state index in [2.05, 4.69) is 24.0 Å². The lowest BCUT2D eigenvalue weighted by molar-refractivity contribution is 0.448. The number of aromatic amines is 1. The van der Waals surface area contributed by atoms with E-state index in [1.807, 2.05) is 25.1 Å². The highest BCUT2D eigenvalue weighted by Gasteiger charge is 2.15. The second-order valence-electron chi connectivity index (χ2n) is 3.99. The largest absolute Gasteiger partial charge is 0.361 e. The monoisotopic (exact) mass is 196 g/mol. The third-order valence-electron chi connectivity index (χ3n) is 2.66. The van der Waals surface area contributed by atoms with Crippen LogP contribution in [0.3, 0.4) is 0 Å². The molecule has 4 heteroatoms. The van der Waals surface area contributed by atoms with Crippen LogP contribution < -0.4 is 10.6 Å². The summed E-state index contributed by atoms with van der Waals surface area (Å²) in [7, 11) is 3.93. The minimum atomic E-state index is 0.0567. The number of nitrogens with two attached hydrogens (primary N) is 1. The van der Waals surface area contributed by atoms with Gasteiger partial charge in [-0.1, -0.05) is 20.3 Å². The molecule has 0 aliphatic carbocycles. The summed E-state index contributed by atoms with van der Waals surface area (Å²) in [4.78, 5) is 1.96. The lowest BCUT2D eigenvalue weighted by atomic mass is 9.97. The lowest BCUT2D eigenvalue weighted by Gasteiger charge is -2.16. The van der Waals surface area contributed by atoms with E-state index in [1.54, 1.807) is 0 Å². The normalized spacial score (nSPS) is 15.2. The van der Waals surface area contributed by atoms with Gasteiger partial charge in [0.1, 0.15) is 5.82 Å². The van der Waals surface area contributed by atoms with Gasteiger partial charge in [-0.05, 0) is 5.92 Å². The Kier molecular flexibility index (Phi) is 3.52. The van der Waals surface area contributed by atoms with Crippen molar-refractivity contribution in [2.75, 3.05) is 19.0 Å². The maximum Gasteiger partial charge on any atom is 0.150 e. The topological polar surface area (TPSA) is 57.9 Å². The molecule has 1 rings (SSSR count). The van der Waals surface area contributed by atoms with Crippen molar-refractivity contribution in [3.63, 3.8) is 0 Å². The molecule has 0 saturated carbocycles. The molecule has 80 valence electrons. The second-order valence-corrected chi connectivity index (χ2v) is 3.99. The number of H-pyrrole nitrogens is 1. The molecule has 3 N–H and O–H groups in total. The summed E-state index contributed by atoms with van der Waals surface area (Å²) in [5.41, 5.74) is 7.09. The van der Waals surface area contributed by atoms with Crippen LogP contribution in [0.5, 0.6) is 0 Å². The summed E-state index contributed by atoms with van der Waals surface area (Å²) in [6, 6.07) is 2.07. The molecule has 0 radical (unpaired) electrons. The van der Waals surface area contributed by atoms with Crippen molar-refractivity contribution >= 4 is 5.82 Å². The molecule has 4 nitrogen and oxygen atoms in total. The predicted octanol–water partition coefficient (Wildman–Crippen LogP) is 1.52. The van der Waals surface area contributed by atoms with Gasteiger partial charge in [-0.3, -0.25) is 5.10 Å². The van der Waals surface area contributed by atoms with Gasteiger partial charge in [-0.25, -0.2) is 0 Å². The first-order chi connectivity index (χ1) is 6.56. The number of nitrogens with one attached hydrogen (secondary N) is 1. The number of anilines is 1. The fourth-order valence-electron chi connectivity index (χ4n) is 1.29. The first-order valence-electron chi connectivity index (χ1n) is 5.04. The van der Waals surface area contributed by atoms with Crippen molar-refractivity contribution in [2.24, 2.45) is 11.7 Å². The van der Waals surface area contributed by atoms with E-state index in [1.165, 1.54) is 0 Å². The standard InChI is InChI=1S/C10H20N4/c1-5-7(2)10(11)8-6-9(13-12-8)14(3)4/h6-7,10H,5,11H2,1-4H3,(H,12,13)/t7-,10-/m0/s1. The van der Waals surface area contributed by atoms with Crippen molar-refractivity contribution in [3.8, 4) is 0 Å². The summed E-state index contributed by atoms with van der Waals surface area (Å²) >= 11 is 0. The zero-order chi connectivity index (χ0) is 10.7. The van der Waals surface area contributed by atoms with Crippen LogP contribution in [0.2, 0.25) is 0 Å². The highest BCUT2D eigenvalue weighted by Crippen LogP contribution is 2.22. The average Bonchev–Trinajstić information content (AvgIpc) is 2.64. The molecule has 0 saturated heterocycles. The van der Waals surface area contributed by atoms with Gasteiger partial charge in [0.25, 0.3) is 0 Å². The van der Waals surface area contributed by atoms with Crippen molar-refractivity contribution in [2.45, 2.75) is 26.3 Å². The SMILES string of the molecule is CC[C@H](C)[C@H](N)c1cc(N(C)C)n[nH]1. The van der Waals surface area contributed by atoms with Gasteiger partial charge in [0.2, 0.25) is 0 Å². The Morgan fingerprint density at radius 1 is 1.57 bits per heavy atom. The molecule has 0 fully saturated rings. The number of nitrogens with zero attached hydrogens (tertiary/aromatic N) is 2. The maximum absolute atomic E-state index is 6.07. The highest BCUT2D eigenvalue weighted by atomic mass is 15.2. The highest BCUT2D eigenvalue weighted by molar-refractivity contribution is 5.37. The molecule has 0 aromatic carbocycles. The average molecular weight is 196 g/mol. The Hall–Kier alpha value is -1.03. The Labute approximate surface area is 85.5 Å². The molecule has 1 aromatic heterocycles. The third-order valence-corrected chi connectivity index (χ3v) is 2.66. The van der Waals surface area contributed by atoms with E-state index >= 15 is 0 Å². The molecule has 0 spiro atoms. The first kappa shape index (κ1) is 11.0. The molecule has 0 unspecified atom stereocenters. The van der Waals surface area contributed by atoms with Gasteiger partial charge in [0.15, 0.2) is 0 Å². The summed E-state index contributed by atoms with van der Waals surface area (Å²) in [5, 5.41) is 7.16. The molecular weight excluding hydrogens is 176 g/mol. The van der Waals surface area contributed by atoms with E-state index < -0.39 is 0 Å². The molecule has 1 heterocycles.